The Morgan fingerprint density at radius 1 is 0.326 bits per heavy atom. The molecule has 12 nitrogen and oxygen atoms in total. The largest absolute Gasteiger partial charge is 0.456 e. The highest BCUT2D eigenvalue weighted by atomic mass is 16.3. The summed E-state index contributed by atoms with van der Waals surface area (Å²) in [5, 5.41) is 7.68. The normalized spacial score (nSPS) is 14.7. The van der Waals surface area contributed by atoms with Crippen molar-refractivity contribution in [2.75, 3.05) is 0 Å². The molecule has 2 fully saturated rings. The van der Waals surface area contributed by atoms with E-state index in [-0.39, 0.29) is 11.6 Å². The van der Waals surface area contributed by atoms with Gasteiger partial charge in [0.2, 0.25) is 22.8 Å². The van der Waals surface area contributed by atoms with Crippen molar-refractivity contribution in [2.24, 2.45) is 28.2 Å². The van der Waals surface area contributed by atoms with Gasteiger partial charge >= 0.3 is 0 Å². The van der Waals surface area contributed by atoms with Crippen LogP contribution in [0.4, 0.5) is 22.7 Å². The van der Waals surface area contributed by atoms with E-state index in [1.165, 1.54) is 6.20 Å². The first-order valence-electron chi connectivity index (χ1n) is 49.9. The summed E-state index contributed by atoms with van der Waals surface area (Å²) in [7, 11) is 7.64. The lowest BCUT2D eigenvalue weighted by Crippen LogP contribution is -2.31. The molecule has 20 aromatic rings. The number of hydrogen-bond donors (Lipinski definition) is 0. The maximum atomic E-state index is 9.22. The Kier molecular flexibility index (Phi) is 20.6. The van der Waals surface area contributed by atoms with Gasteiger partial charge in [-0.3, -0.25) is 0 Å². The van der Waals surface area contributed by atoms with Crippen LogP contribution in [-0.2, 0) is 28.2 Å². The number of benzene rings is 12. The fourth-order valence-corrected chi connectivity index (χ4v) is 19.4. The van der Waals surface area contributed by atoms with Crippen molar-refractivity contribution in [1.29, 1.82) is 0 Å². The summed E-state index contributed by atoms with van der Waals surface area (Å²) in [4.78, 5) is 15.1. The molecule has 2 aliphatic rings. The Balaban J connectivity index is 0.000000120. The number of furan rings is 4. The molecule has 0 atom stereocenters. The lowest BCUT2D eigenvalue weighted by molar-refractivity contribution is -0.660. The molecular formula is C120H104N8O4+4. The summed E-state index contributed by atoms with van der Waals surface area (Å²) >= 11 is 0. The van der Waals surface area contributed by atoms with E-state index in [0.29, 0.717) is 80.0 Å². The average molecular weight is 1730 g/mol. The second kappa shape index (κ2) is 36.5. The van der Waals surface area contributed by atoms with Crippen LogP contribution in [0.5, 0.6) is 0 Å². The molecule has 0 radical (unpaired) electrons. The minimum absolute atomic E-state index is 0.00115. The molecule has 644 valence electrons. The lowest BCUT2D eigenvalue weighted by Gasteiger charge is -2.21. The quantitative estimate of drug-likeness (QED) is 0.0954. The van der Waals surface area contributed by atoms with Crippen molar-refractivity contribution in [2.45, 2.75) is 130 Å². The van der Waals surface area contributed by atoms with Gasteiger partial charge in [0.15, 0.2) is 47.5 Å². The third kappa shape index (κ3) is 15.9. The summed E-state index contributed by atoms with van der Waals surface area (Å²) in [5.74, 6) is -2.31. The van der Waals surface area contributed by atoms with E-state index < -0.39 is 24.5 Å². The maximum Gasteiger partial charge on any atom is 0.216 e. The number of hydrogen-bond acceptors (Lipinski definition) is 4. The fourth-order valence-electron chi connectivity index (χ4n) is 19.4. The van der Waals surface area contributed by atoms with Gasteiger partial charge in [0.1, 0.15) is 72.9 Å². The van der Waals surface area contributed by atoms with Crippen molar-refractivity contribution in [3.05, 3.63) is 382 Å². The third-order valence-corrected chi connectivity index (χ3v) is 26.2. The van der Waals surface area contributed by atoms with Crippen molar-refractivity contribution in [1.82, 2.24) is 0 Å². The Bertz CT molecular complexity index is 8170. The number of aromatic nitrogens is 4. The molecule has 2 aliphatic carbocycles. The van der Waals surface area contributed by atoms with Crippen molar-refractivity contribution < 1.29 is 49.6 Å². The van der Waals surface area contributed by atoms with E-state index in [0.717, 1.165) is 241 Å². The second-order valence-corrected chi connectivity index (χ2v) is 34.8. The first-order valence-corrected chi connectivity index (χ1v) is 44.9. The molecule has 8 heterocycles. The van der Waals surface area contributed by atoms with Crippen molar-refractivity contribution in [3.8, 4) is 89.5 Å². The highest BCUT2D eigenvalue weighted by molar-refractivity contribution is 6.19. The van der Waals surface area contributed by atoms with Crippen LogP contribution in [0.1, 0.15) is 154 Å². The first-order chi connectivity index (χ1) is 68.2. The topological polar surface area (TPSA) is 85.5 Å². The zero-order valence-electron chi connectivity index (χ0n) is 85.7. The molecule has 0 N–H and O–H groups in total. The molecular weight excluding hydrogens is 1620 g/mol. The Labute approximate surface area is 785 Å². The molecule has 12 heteroatoms. The number of nitrogens with zero attached hydrogens (tertiary/aromatic N) is 8. The molecule has 0 spiro atoms. The van der Waals surface area contributed by atoms with Crippen LogP contribution in [0.3, 0.4) is 0 Å². The Hall–Kier alpha value is -15.6. The lowest BCUT2D eigenvalue weighted by atomic mass is 9.84. The predicted molar refractivity (Wildman–Crippen MR) is 538 cm³/mol. The molecule has 22 rings (SSSR count). The van der Waals surface area contributed by atoms with Gasteiger partial charge in [-0.2, -0.15) is 0 Å². The van der Waals surface area contributed by atoms with E-state index >= 15 is 0 Å². The molecule has 0 amide bonds. The van der Waals surface area contributed by atoms with E-state index in [1.807, 2.05) is 255 Å². The highest BCUT2D eigenvalue weighted by Gasteiger charge is 2.32. The number of aryl methyl sites for hydroxylation is 9. The van der Waals surface area contributed by atoms with Gasteiger partial charge in [-0.15, -0.1) is 0 Å². The van der Waals surface area contributed by atoms with Crippen LogP contribution in [0.2, 0.25) is 0 Å². The molecule has 0 bridgehead atoms. The predicted octanol–water partition coefficient (Wildman–Crippen LogP) is 31.9. The summed E-state index contributed by atoms with van der Waals surface area (Å²) in [6, 6.07) is 80.0. The summed E-state index contributed by atoms with van der Waals surface area (Å²) in [5.41, 5.74) is 28.3. The van der Waals surface area contributed by atoms with Gasteiger partial charge in [-0.25, -0.2) is 37.6 Å². The van der Waals surface area contributed by atoms with Gasteiger partial charge in [0, 0.05) is 121 Å². The molecule has 0 saturated heterocycles. The maximum absolute atomic E-state index is 9.22. The van der Waals surface area contributed by atoms with E-state index in [2.05, 4.69) is 81.8 Å². The molecule has 132 heavy (non-hydrogen) atoms. The smallest absolute Gasteiger partial charge is 0.216 e. The third-order valence-electron chi connectivity index (χ3n) is 26.2. The summed E-state index contributed by atoms with van der Waals surface area (Å²) < 4.78 is 119. The highest BCUT2D eigenvalue weighted by Crippen LogP contribution is 2.51. The Morgan fingerprint density at radius 2 is 0.598 bits per heavy atom. The standard InChI is InChI=1S/2C32H29N2O.C29H25N2O.C27H21N2O/c2*1-21-14-15-25-26-16-17-27(33-2)30(23-12-8-5-9-13-23)32(26)35-31(25)29(21)28-20-24(18-19-34(28)3)22-10-6-4-7-11-22;1-18(2)21-12-16-25(31(5)17-21)26-19(3)11-13-22-23-14-15-24(30-4)27(29(23)32-28(22)26)20-9-7-6-8-10-20;1-17-10-15-23(29(4)16-17)24-18(2)11-12-20-21-13-14-22(28-3)25(27(21)30-26(20)24)19-8-6-5-7-9-19/h2*5,8-9,12-20,22H,4,6-7,10-11H2,1,3H3;6-18H,1-3,5H3;5-16H,1-2,4H3/q4*+1/i2*18D,22D;12D,18D;1D3,10D. The zero-order chi connectivity index (χ0) is 99.9. The fraction of sp³-hybridized carbons (Fsp3) is 0.200. The van der Waals surface area contributed by atoms with E-state index in [4.69, 9.17) is 54.9 Å². The van der Waals surface area contributed by atoms with Crippen molar-refractivity contribution >= 4 is 111 Å². The Morgan fingerprint density at radius 3 is 0.886 bits per heavy atom. The number of fused-ring (bicyclic) bond motifs is 12. The summed E-state index contributed by atoms with van der Waals surface area (Å²) in [6.45, 7) is 40.4. The molecule has 8 aromatic heterocycles. The average Bonchev–Trinajstić information content (AvgIpc) is 1.59. The van der Waals surface area contributed by atoms with Gasteiger partial charge in [0.25, 0.3) is 0 Å². The van der Waals surface area contributed by atoms with Crippen LogP contribution >= 0.6 is 0 Å². The van der Waals surface area contributed by atoms with Crippen LogP contribution in [0.25, 0.3) is 197 Å². The molecule has 0 unspecified atom stereocenters. The van der Waals surface area contributed by atoms with Crippen LogP contribution < -0.4 is 18.3 Å². The zero-order valence-corrected chi connectivity index (χ0v) is 75.7. The van der Waals surface area contributed by atoms with Gasteiger partial charge < -0.3 is 17.7 Å². The van der Waals surface area contributed by atoms with E-state index in [9.17, 15) is 2.74 Å². The van der Waals surface area contributed by atoms with Crippen LogP contribution in [0.15, 0.2) is 309 Å². The van der Waals surface area contributed by atoms with Crippen LogP contribution in [-0.4, -0.2) is 0 Å². The van der Waals surface area contributed by atoms with Crippen LogP contribution in [0, 0.1) is 60.8 Å². The molecule has 0 aliphatic heterocycles. The van der Waals surface area contributed by atoms with E-state index in [1.54, 1.807) is 31.5 Å². The molecule has 2 saturated carbocycles. The summed E-state index contributed by atoms with van der Waals surface area (Å²) in [6.07, 6.45) is 16.7. The number of pyridine rings is 4. The number of rotatable bonds is 11. The second-order valence-electron chi connectivity index (χ2n) is 34.8. The van der Waals surface area contributed by atoms with Gasteiger partial charge in [-0.05, 0) is 146 Å². The SMILES string of the molecule is [2H]c1c[n+](C)c(-c2c(C)ccc3c2oc2c(-c4ccccc4)c([N+]#[C-])ccc23)cc1C1([2H])CCCCC1.[2H]c1c[n+](C)c(-c2c(C)ccc3c2oc2c(-c4ccccc4)c([N+]#[C-])ccc23)cc1C1([2H])CCCCC1.[2H]c1cc(-c2c(C)ccc3c2oc2c(-c4ccccc4)c([N+]#[C-])ccc23)[n+](C)cc1C([2H])(C)C.[2H]c1cc(-c2c(C)ccc3c2oc2c(-c4ccccc4)c([N+]#[C-])ccc23)[n+](C)cc1C([2H])([2H])[2H]. The minimum atomic E-state index is -2.37. The first kappa shape index (κ1) is 74.3. The monoisotopic (exact) mass is 1730 g/mol. The molecule has 12 aromatic carbocycles. The van der Waals surface area contributed by atoms with Gasteiger partial charge in [0.05, 0.1) is 54.0 Å². The van der Waals surface area contributed by atoms with Gasteiger partial charge in [-0.1, -0.05) is 271 Å². The minimum Gasteiger partial charge on any atom is -0.456 e. The van der Waals surface area contributed by atoms with Crippen molar-refractivity contribution in [3.63, 3.8) is 0 Å².